The second-order valence-corrected chi connectivity index (χ2v) is 9.96. The van der Waals surface area contributed by atoms with Gasteiger partial charge in [0.2, 0.25) is 15.8 Å². The number of aryl methyl sites for hydroxylation is 1. The molecule has 4 rings (SSSR count). The van der Waals surface area contributed by atoms with Crippen molar-refractivity contribution in [3.05, 3.63) is 63.5 Å². The van der Waals surface area contributed by atoms with E-state index >= 15 is 0 Å². The average molecular weight is 434 g/mol. The van der Waals surface area contributed by atoms with Crippen LogP contribution in [-0.2, 0) is 16.4 Å². The van der Waals surface area contributed by atoms with E-state index in [1.165, 1.54) is 22.5 Å². The third kappa shape index (κ3) is 3.45. The first-order valence-corrected chi connectivity index (χ1v) is 11.4. The minimum atomic E-state index is -3.94. The summed E-state index contributed by atoms with van der Waals surface area (Å²) < 4.78 is 41.5. The molecule has 2 aliphatic rings. The van der Waals surface area contributed by atoms with Gasteiger partial charge in [0.25, 0.3) is 0 Å². The van der Waals surface area contributed by atoms with E-state index in [1.54, 1.807) is 0 Å². The standard InChI is InChI=1S/C21H24FN3O4S/c1-14-11-18(22)20(25(26)27)13-21(14)30(28,29)23-9-7-17(8-10-23)24-15(2)12-16-5-3-4-6-19(16)24/h3-6,11,13,15,17H,7-10,12H2,1-2H3. The Bertz CT molecular complexity index is 1100. The summed E-state index contributed by atoms with van der Waals surface area (Å²) in [5.41, 5.74) is 1.88. The van der Waals surface area contributed by atoms with E-state index in [1.807, 2.05) is 12.1 Å². The van der Waals surface area contributed by atoms with Crippen molar-refractivity contribution in [1.82, 2.24) is 4.31 Å². The first-order valence-electron chi connectivity index (χ1n) is 10.0. The predicted molar refractivity (Wildman–Crippen MR) is 112 cm³/mol. The summed E-state index contributed by atoms with van der Waals surface area (Å²) in [4.78, 5) is 12.4. The first kappa shape index (κ1) is 20.7. The second kappa shape index (κ2) is 7.63. The molecular weight excluding hydrogens is 409 g/mol. The molecule has 1 atom stereocenters. The number of hydrogen-bond acceptors (Lipinski definition) is 5. The van der Waals surface area contributed by atoms with Crippen LogP contribution in [0.3, 0.4) is 0 Å². The van der Waals surface area contributed by atoms with E-state index in [4.69, 9.17) is 0 Å². The quantitative estimate of drug-likeness (QED) is 0.543. The molecule has 0 bridgehead atoms. The fourth-order valence-electron chi connectivity index (χ4n) is 4.71. The van der Waals surface area contributed by atoms with Crippen molar-refractivity contribution in [2.75, 3.05) is 18.0 Å². The molecule has 2 aromatic rings. The van der Waals surface area contributed by atoms with Crippen molar-refractivity contribution in [1.29, 1.82) is 0 Å². The van der Waals surface area contributed by atoms with Crippen molar-refractivity contribution in [2.45, 2.75) is 50.1 Å². The zero-order chi connectivity index (χ0) is 21.6. The molecule has 0 spiro atoms. The fraction of sp³-hybridized carbons (Fsp3) is 0.429. The van der Waals surface area contributed by atoms with E-state index < -0.39 is 26.5 Å². The van der Waals surface area contributed by atoms with Crippen LogP contribution in [-0.4, -0.2) is 42.8 Å². The van der Waals surface area contributed by atoms with Gasteiger partial charge in [0.05, 0.1) is 9.82 Å². The van der Waals surface area contributed by atoms with Gasteiger partial charge in [-0.2, -0.15) is 8.70 Å². The van der Waals surface area contributed by atoms with Gasteiger partial charge in [-0.25, -0.2) is 8.42 Å². The van der Waals surface area contributed by atoms with E-state index in [0.29, 0.717) is 32.0 Å². The van der Waals surface area contributed by atoms with Crippen LogP contribution in [0.15, 0.2) is 41.3 Å². The molecule has 2 heterocycles. The van der Waals surface area contributed by atoms with Gasteiger partial charge < -0.3 is 4.90 Å². The number of piperidine rings is 1. The smallest absolute Gasteiger partial charge is 0.306 e. The van der Waals surface area contributed by atoms with Gasteiger partial charge in [0.15, 0.2) is 0 Å². The molecule has 160 valence electrons. The maximum atomic E-state index is 13.8. The molecule has 1 fully saturated rings. The van der Waals surface area contributed by atoms with E-state index in [-0.39, 0.29) is 16.5 Å². The summed E-state index contributed by atoms with van der Waals surface area (Å²) in [6.07, 6.45) is 2.31. The zero-order valence-electron chi connectivity index (χ0n) is 16.9. The molecule has 0 amide bonds. The van der Waals surface area contributed by atoms with Crippen molar-refractivity contribution in [3.8, 4) is 0 Å². The zero-order valence-corrected chi connectivity index (χ0v) is 17.7. The molecule has 1 saturated heterocycles. The van der Waals surface area contributed by atoms with Crippen LogP contribution in [0.1, 0.15) is 30.9 Å². The Hall–Kier alpha value is -2.52. The number of nitrogens with zero attached hydrogens (tertiary/aromatic N) is 3. The van der Waals surface area contributed by atoms with E-state index in [0.717, 1.165) is 18.6 Å². The molecule has 0 saturated carbocycles. The summed E-state index contributed by atoms with van der Waals surface area (Å²) in [7, 11) is -3.94. The lowest BCUT2D eigenvalue weighted by Crippen LogP contribution is -2.48. The monoisotopic (exact) mass is 433 g/mol. The van der Waals surface area contributed by atoms with E-state index in [2.05, 4.69) is 24.0 Å². The molecule has 0 radical (unpaired) electrons. The first-order chi connectivity index (χ1) is 14.2. The van der Waals surface area contributed by atoms with Gasteiger partial charge in [0, 0.05) is 36.9 Å². The minimum absolute atomic E-state index is 0.169. The molecule has 0 aliphatic carbocycles. The Morgan fingerprint density at radius 1 is 1.17 bits per heavy atom. The van der Waals surface area contributed by atoms with E-state index in [9.17, 15) is 22.9 Å². The Balaban J connectivity index is 1.55. The van der Waals surface area contributed by atoms with Crippen molar-refractivity contribution in [3.63, 3.8) is 0 Å². The highest BCUT2D eigenvalue weighted by atomic mass is 32.2. The number of anilines is 1. The third-order valence-corrected chi connectivity index (χ3v) is 8.18. The molecule has 30 heavy (non-hydrogen) atoms. The molecule has 2 aliphatic heterocycles. The highest BCUT2D eigenvalue weighted by Gasteiger charge is 2.37. The number of rotatable bonds is 4. The lowest BCUT2D eigenvalue weighted by atomic mass is 10.0. The van der Waals surface area contributed by atoms with Gasteiger partial charge in [-0.15, -0.1) is 0 Å². The second-order valence-electron chi connectivity index (χ2n) is 8.05. The average Bonchev–Trinajstić information content (AvgIpc) is 3.03. The summed E-state index contributed by atoms with van der Waals surface area (Å²) >= 11 is 0. The van der Waals surface area contributed by atoms with Crippen LogP contribution in [0.4, 0.5) is 15.8 Å². The molecular formula is C21H24FN3O4S. The Labute approximate surface area is 175 Å². The van der Waals surface area contributed by atoms with Gasteiger partial charge in [-0.3, -0.25) is 10.1 Å². The van der Waals surface area contributed by atoms with Gasteiger partial charge in [0.1, 0.15) is 0 Å². The molecule has 7 nitrogen and oxygen atoms in total. The summed E-state index contributed by atoms with van der Waals surface area (Å²) in [5, 5.41) is 11.1. The Kier molecular flexibility index (Phi) is 5.27. The SMILES string of the molecule is Cc1cc(F)c([N+](=O)[O-])cc1S(=O)(=O)N1CCC(N2c3ccccc3CC2C)CC1. The van der Waals surface area contributed by atoms with Crippen molar-refractivity contribution in [2.24, 2.45) is 0 Å². The molecule has 2 aromatic carbocycles. The van der Waals surface area contributed by atoms with Crippen LogP contribution in [0.25, 0.3) is 0 Å². The fourth-order valence-corrected chi connectivity index (χ4v) is 6.40. The Morgan fingerprint density at radius 3 is 2.50 bits per heavy atom. The number of halogens is 1. The number of hydrogen-bond donors (Lipinski definition) is 0. The van der Waals surface area contributed by atoms with Crippen molar-refractivity contribution < 1.29 is 17.7 Å². The summed E-state index contributed by atoms with van der Waals surface area (Å²) in [5.74, 6) is -1.03. The van der Waals surface area contributed by atoms with Crippen LogP contribution in [0, 0.1) is 22.9 Å². The number of nitro groups is 1. The third-order valence-electron chi connectivity index (χ3n) is 6.14. The Morgan fingerprint density at radius 2 is 1.83 bits per heavy atom. The van der Waals surface area contributed by atoms with Crippen LogP contribution < -0.4 is 4.90 Å². The van der Waals surface area contributed by atoms with Crippen LogP contribution >= 0.6 is 0 Å². The highest BCUT2D eigenvalue weighted by Crippen LogP contribution is 2.37. The number of sulfonamides is 1. The number of benzene rings is 2. The van der Waals surface area contributed by atoms with Crippen molar-refractivity contribution >= 4 is 21.4 Å². The normalized spacial score (nSPS) is 20.4. The maximum absolute atomic E-state index is 13.8. The molecule has 1 unspecified atom stereocenters. The lowest BCUT2D eigenvalue weighted by Gasteiger charge is -2.40. The lowest BCUT2D eigenvalue weighted by molar-refractivity contribution is -0.387. The largest absolute Gasteiger partial charge is 0.365 e. The van der Waals surface area contributed by atoms with Gasteiger partial charge in [-0.1, -0.05) is 18.2 Å². The van der Waals surface area contributed by atoms with Gasteiger partial charge in [-0.05, 0) is 56.4 Å². The summed E-state index contributed by atoms with van der Waals surface area (Å²) in [6.45, 7) is 4.28. The number of para-hydroxylation sites is 1. The number of nitro benzene ring substituents is 1. The molecule has 0 aromatic heterocycles. The maximum Gasteiger partial charge on any atom is 0.306 e. The van der Waals surface area contributed by atoms with Gasteiger partial charge >= 0.3 is 5.69 Å². The predicted octanol–water partition coefficient (Wildman–Crippen LogP) is 3.65. The topological polar surface area (TPSA) is 83.8 Å². The number of fused-ring (bicyclic) bond motifs is 1. The summed E-state index contributed by atoms with van der Waals surface area (Å²) in [6, 6.07) is 10.7. The minimum Gasteiger partial charge on any atom is -0.365 e. The molecule has 9 heteroatoms. The van der Waals surface area contributed by atoms with Crippen LogP contribution in [0.5, 0.6) is 0 Å². The highest BCUT2D eigenvalue weighted by molar-refractivity contribution is 7.89. The van der Waals surface area contributed by atoms with Crippen LogP contribution in [0.2, 0.25) is 0 Å². The molecule has 0 N–H and O–H groups in total.